The zero-order valence-corrected chi connectivity index (χ0v) is 21.6. The highest BCUT2D eigenvalue weighted by atomic mass is 35.5. The number of nitro benzene ring substituents is 1. The normalized spacial score (nSPS) is 11.2. The van der Waals surface area contributed by atoms with Crippen LogP contribution in [0.1, 0.15) is 11.1 Å². The lowest BCUT2D eigenvalue weighted by atomic mass is 10.2. The van der Waals surface area contributed by atoms with Crippen LogP contribution in [0.3, 0.4) is 0 Å². The molecule has 13 heteroatoms. The molecule has 0 fully saturated rings. The van der Waals surface area contributed by atoms with Crippen LogP contribution in [0.2, 0.25) is 5.02 Å². The van der Waals surface area contributed by atoms with E-state index in [4.69, 9.17) is 21.1 Å². The maximum absolute atomic E-state index is 13.5. The topological polar surface area (TPSA) is 140 Å². The number of carbonyl (C=O) groups excluding carboxylic acids is 1. The molecule has 1 amide bonds. The minimum Gasteiger partial charge on any atom is -0.493 e. The molecule has 0 radical (unpaired) electrons. The summed E-state index contributed by atoms with van der Waals surface area (Å²) in [4.78, 5) is 23.1. The summed E-state index contributed by atoms with van der Waals surface area (Å²) in [6.07, 6.45) is 1.13. The molecule has 0 saturated carbocycles. The van der Waals surface area contributed by atoms with Crippen molar-refractivity contribution in [2.75, 3.05) is 25.1 Å². The van der Waals surface area contributed by atoms with Crippen LogP contribution < -0.4 is 19.2 Å². The molecule has 0 aliphatic rings. The first-order valence-corrected chi connectivity index (χ1v) is 12.5. The van der Waals surface area contributed by atoms with E-state index in [0.29, 0.717) is 5.75 Å². The predicted molar refractivity (Wildman–Crippen MR) is 139 cm³/mol. The van der Waals surface area contributed by atoms with Gasteiger partial charge in [0.2, 0.25) is 0 Å². The van der Waals surface area contributed by atoms with E-state index < -0.39 is 27.4 Å². The van der Waals surface area contributed by atoms with Gasteiger partial charge in [-0.05, 0) is 37.3 Å². The molecule has 0 saturated heterocycles. The van der Waals surface area contributed by atoms with Crippen LogP contribution in [-0.2, 0) is 14.8 Å². The molecule has 0 spiro atoms. The molecule has 0 bridgehead atoms. The molecular weight excluding hydrogens is 524 g/mol. The van der Waals surface area contributed by atoms with E-state index in [-0.39, 0.29) is 32.6 Å². The summed E-state index contributed by atoms with van der Waals surface area (Å²) in [7, 11) is -1.34. The van der Waals surface area contributed by atoms with Crippen molar-refractivity contribution in [1.29, 1.82) is 0 Å². The molecule has 1 N–H and O–H groups in total. The molecular formula is C24H23ClN4O7S. The number of hydrogen-bond donors (Lipinski definition) is 1. The van der Waals surface area contributed by atoms with Gasteiger partial charge >= 0.3 is 0 Å². The molecule has 3 aromatic carbocycles. The summed E-state index contributed by atoms with van der Waals surface area (Å²) in [6, 6.07) is 14.4. The van der Waals surface area contributed by atoms with E-state index in [1.54, 1.807) is 12.1 Å². The molecule has 0 atom stereocenters. The highest BCUT2D eigenvalue weighted by Crippen LogP contribution is 2.33. The van der Waals surface area contributed by atoms with Crippen LogP contribution in [0.5, 0.6) is 11.5 Å². The number of nitrogens with zero attached hydrogens (tertiary/aromatic N) is 3. The summed E-state index contributed by atoms with van der Waals surface area (Å²) in [6.45, 7) is 1.19. The Kier molecular flexibility index (Phi) is 8.69. The van der Waals surface area contributed by atoms with Gasteiger partial charge in [-0.25, -0.2) is 13.8 Å². The van der Waals surface area contributed by atoms with Crippen LogP contribution in [0.4, 0.5) is 11.4 Å². The van der Waals surface area contributed by atoms with Gasteiger partial charge in [-0.1, -0.05) is 29.3 Å². The van der Waals surface area contributed by atoms with Gasteiger partial charge in [-0.3, -0.25) is 19.2 Å². The largest absolute Gasteiger partial charge is 0.493 e. The molecule has 0 aliphatic heterocycles. The zero-order valence-electron chi connectivity index (χ0n) is 20.0. The number of non-ortho nitro benzene ring substituents is 1. The van der Waals surface area contributed by atoms with Gasteiger partial charge in [-0.15, -0.1) is 0 Å². The number of halogens is 1. The molecule has 194 valence electrons. The van der Waals surface area contributed by atoms with Gasteiger partial charge in [0, 0.05) is 28.8 Å². The minimum atomic E-state index is -4.18. The second-order valence-corrected chi connectivity index (χ2v) is 9.89. The standard InChI is InChI=1S/C24H23ClN4O7S/c1-16-4-8-20(9-5-16)37(33,34)28(18-7-11-22(35-2)23(13-18)36-3)15-24(30)27-26-14-17-12-19(29(31)32)6-10-21(17)25/h4-14H,15H2,1-3H3,(H,27,30)/b26-14-. The third kappa shape index (κ3) is 6.54. The smallest absolute Gasteiger partial charge is 0.270 e. The van der Waals surface area contributed by atoms with Crippen molar-refractivity contribution in [3.63, 3.8) is 0 Å². The number of amides is 1. The van der Waals surface area contributed by atoms with Gasteiger partial charge < -0.3 is 9.47 Å². The zero-order chi connectivity index (χ0) is 27.2. The first-order valence-electron chi connectivity index (χ1n) is 10.6. The Morgan fingerprint density at radius 1 is 1.08 bits per heavy atom. The first-order chi connectivity index (χ1) is 17.6. The molecule has 3 rings (SSSR count). The second kappa shape index (κ2) is 11.7. The molecule has 37 heavy (non-hydrogen) atoms. The summed E-state index contributed by atoms with van der Waals surface area (Å²) < 4.78 is 38.5. The van der Waals surface area contributed by atoms with Gasteiger partial charge in [0.15, 0.2) is 11.5 Å². The van der Waals surface area contributed by atoms with Gasteiger partial charge in [0.05, 0.1) is 35.9 Å². The highest BCUT2D eigenvalue weighted by Gasteiger charge is 2.28. The van der Waals surface area contributed by atoms with E-state index in [2.05, 4.69) is 10.5 Å². The quantitative estimate of drug-likeness (QED) is 0.231. The highest BCUT2D eigenvalue weighted by molar-refractivity contribution is 7.92. The van der Waals surface area contributed by atoms with Crippen molar-refractivity contribution < 1.29 is 27.6 Å². The number of methoxy groups -OCH3 is 2. The van der Waals surface area contributed by atoms with Crippen LogP contribution >= 0.6 is 11.6 Å². The van der Waals surface area contributed by atoms with Gasteiger partial charge in [0.25, 0.3) is 21.6 Å². The minimum absolute atomic E-state index is 0.0208. The number of anilines is 1. The Bertz CT molecular complexity index is 1440. The summed E-state index contributed by atoms with van der Waals surface area (Å²) >= 11 is 6.04. The Morgan fingerprint density at radius 2 is 1.76 bits per heavy atom. The number of aryl methyl sites for hydroxylation is 1. The summed E-state index contributed by atoms with van der Waals surface area (Å²) in [5, 5.41) is 14.9. The molecule has 11 nitrogen and oxygen atoms in total. The first kappa shape index (κ1) is 27.4. The monoisotopic (exact) mass is 546 g/mol. The third-order valence-electron chi connectivity index (χ3n) is 5.13. The SMILES string of the molecule is COc1ccc(N(CC(=O)N/N=C\c2cc([N+](=O)[O-])ccc2Cl)S(=O)(=O)c2ccc(C)cc2)cc1OC. The number of nitrogens with one attached hydrogen (secondary N) is 1. The number of hydrazone groups is 1. The fraction of sp³-hybridized carbons (Fsp3) is 0.167. The average molecular weight is 547 g/mol. The van der Waals surface area contributed by atoms with Crippen molar-refractivity contribution in [1.82, 2.24) is 5.43 Å². The fourth-order valence-electron chi connectivity index (χ4n) is 3.22. The maximum atomic E-state index is 13.5. The Hall–Kier alpha value is -4.16. The van der Waals surface area contributed by atoms with Crippen LogP contribution in [0.15, 0.2) is 70.7 Å². The number of nitro groups is 1. The number of ether oxygens (including phenoxy) is 2. The van der Waals surface area contributed by atoms with E-state index in [1.807, 2.05) is 6.92 Å². The maximum Gasteiger partial charge on any atom is 0.270 e. The molecule has 0 aromatic heterocycles. The lowest BCUT2D eigenvalue weighted by Crippen LogP contribution is -2.39. The van der Waals surface area contributed by atoms with Crippen molar-refractivity contribution in [3.05, 3.63) is 86.9 Å². The van der Waals surface area contributed by atoms with E-state index >= 15 is 0 Å². The Morgan fingerprint density at radius 3 is 2.38 bits per heavy atom. The Labute approximate surface area is 218 Å². The van der Waals surface area contributed by atoms with Crippen molar-refractivity contribution in [2.24, 2.45) is 5.10 Å². The van der Waals surface area contributed by atoms with E-state index in [1.165, 1.54) is 62.8 Å². The van der Waals surface area contributed by atoms with E-state index in [0.717, 1.165) is 16.1 Å². The van der Waals surface area contributed by atoms with Crippen molar-refractivity contribution in [3.8, 4) is 11.5 Å². The molecule has 0 unspecified atom stereocenters. The second-order valence-electron chi connectivity index (χ2n) is 7.62. The summed E-state index contributed by atoms with van der Waals surface area (Å²) in [5.41, 5.74) is 3.23. The van der Waals surface area contributed by atoms with Crippen LogP contribution in [0, 0.1) is 17.0 Å². The summed E-state index contributed by atoms with van der Waals surface area (Å²) in [5.74, 6) is -0.132. The fourth-order valence-corrected chi connectivity index (χ4v) is 4.79. The van der Waals surface area contributed by atoms with Gasteiger partial charge in [-0.2, -0.15) is 5.10 Å². The molecule has 0 heterocycles. The lowest BCUT2D eigenvalue weighted by molar-refractivity contribution is -0.384. The lowest BCUT2D eigenvalue weighted by Gasteiger charge is -2.24. The number of carbonyl (C=O) groups is 1. The van der Waals surface area contributed by atoms with Crippen LogP contribution in [-0.4, -0.2) is 46.2 Å². The average Bonchev–Trinajstić information content (AvgIpc) is 2.88. The number of benzene rings is 3. The molecule has 3 aromatic rings. The van der Waals surface area contributed by atoms with Crippen molar-refractivity contribution in [2.45, 2.75) is 11.8 Å². The van der Waals surface area contributed by atoms with Crippen molar-refractivity contribution >= 4 is 45.1 Å². The predicted octanol–water partition coefficient (Wildman–Crippen LogP) is 3.92. The third-order valence-corrected chi connectivity index (χ3v) is 7.27. The van der Waals surface area contributed by atoms with E-state index in [9.17, 15) is 23.3 Å². The Balaban J connectivity index is 1.91. The van der Waals surface area contributed by atoms with Gasteiger partial charge in [0.1, 0.15) is 6.54 Å². The molecule has 0 aliphatic carbocycles. The number of rotatable bonds is 10. The number of hydrogen-bond acceptors (Lipinski definition) is 8. The number of sulfonamides is 1. The van der Waals surface area contributed by atoms with Crippen LogP contribution in [0.25, 0.3) is 0 Å².